The molecule has 0 aromatic carbocycles. The molecule has 86 valence electrons. The Hall–Kier alpha value is -2.55. The van der Waals surface area contributed by atoms with Crippen LogP contribution in [-0.4, -0.2) is 25.4 Å². The lowest BCUT2D eigenvalue weighted by molar-refractivity contribution is 0.0695. The van der Waals surface area contributed by atoms with Crippen LogP contribution in [0.4, 0.5) is 0 Å². The van der Waals surface area contributed by atoms with Gasteiger partial charge in [-0.2, -0.15) is 10.4 Å². The van der Waals surface area contributed by atoms with E-state index in [4.69, 9.17) is 10.4 Å². The molecular formula is C11H10N4O2. The van der Waals surface area contributed by atoms with Gasteiger partial charge in [-0.05, 0) is 12.1 Å². The van der Waals surface area contributed by atoms with E-state index >= 15 is 0 Å². The van der Waals surface area contributed by atoms with E-state index in [1.165, 1.54) is 10.9 Å². The van der Waals surface area contributed by atoms with Gasteiger partial charge in [-0.1, -0.05) is 0 Å². The van der Waals surface area contributed by atoms with E-state index in [1.54, 1.807) is 29.9 Å². The first-order valence-corrected chi connectivity index (χ1v) is 4.93. The first kappa shape index (κ1) is 11.0. The molecule has 2 aromatic rings. The molecule has 2 heterocycles. The molecule has 0 atom stereocenters. The molecule has 0 fully saturated rings. The lowest BCUT2D eigenvalue weighted by Crippen LogP contribution is -2.10. The summed E-state index contributed by atoms with van der Waals surface area (Å²) in [6, 6.07) is 5.46. The normalized spacial score (nSPS) is 10.1. The summed E-state index contributed by atoms with van der Waals surface area (Å²) in [6.07, 6.45) is 3.05. The van der Waals surface area contributed by atoms with Crippen molar-refractivity contribution in [2.24, 2.45) is 7.05 Å². The van der Waals surface area contributed by atoms with Gasteiger partial charge in [0.2, 0.25) is 0 Å². The number of nitriles is 1. The van der Waals surface area contributed by atoms with E-state index in [2.05, 4.69) is 5.10 Å². The van der Waals surface area contributed by atoms with Crippen molar-refractivity contribution in [3.8, 4) is 6.07 Å². The topological polar surface area (TPSA) is 83.8 Å². The lowest BCUT2D eigenvalue weighted by atomic mass is 10.2. The van der Waals surface area contributed by atoms with Crippen LogP contribution in [0.15, 0.2) is 24.5 Å². The number of hydrogen-bond donors (Lipinski definition) is 1. The van der Waals surface area contributed by atoms with Gasteiger partial charge >= 0.3 is 5.97 Å². The van der Waals surface area contributed by atoms with Gasteiger partial charge in [0.05, 0.1) is 18.4 Å². The molecule has 0 aliphatic carbocycles. The number of aromatic nitrogens is 3. The Morgan fingerprint density at radius 3 is 3.06 bits per heavy atom. The van der Waals surface area contributed by atoms with Crippen molar-refractivity contribution in [3.63, 3.8) is 0 Å². The van der Waals surface area contributed by atoms with Gasteiger partial charge in [0.25, 0.3) is 0 Å². The summed E-state index contributed by atoms with van der Waals surface area (Å²) in [4.78, 5) is 11.0. The van der Waals surface area contributed by atoms with Gasteiger partial charge in [0, 0.05) is 13.2 Å². The highest BCUT2D eigenvalue weighted by atomic mass is 16.4. The van der Waals surface area contributed by atoms with Crippen molar-refractivity contribution >= 4 is 5.97 Å². The standard InChI is InChI=1S/C11H10N4O2/c1-14-10(9(6-13-14)11(16)17)7-15-4-2-3-8(15)5-12/h2-4,6H,7H2,1H3,(H,16,17). The Balaban J connectivity index is 2.40. The Morgan fingerprint density at radius 1 is 1.65 bits per heavy atom. The van der Waals surface area contributed by atoms with Crippen LogP contribution in [0.5, 0.6) is 0 Å². The van der Waals surface area contributed by atoms with Crippen molar-refractivity contribution in [3.05, 3.63) is 41.5 Å². The third-order valence-corrected chi connectivity index (χ3v) is 2.56. The average Bonchev–Trinajstić information content (AvgIpc) is 2.87. The lowest BCUT2D eigenvalue weighted by Gasteiger charge is -2.06. The Bertz CT molecular complexity index is 603. The van der Waals surface area contributed by atoms with Crippen molar-refractivity contribution in [2.75, 3.05) is 0 Å². The zero-order valence-electron chi connectivity index (χ0n) is 9.16. The van der Waals surface area contributed by atoms with Gasteiger partial charge < -0.3 is 9.67 Å². The number of aromatic carboxylic acids is 1. The molecular weight excluding hydrogens is 220 g/mol. The molecule has 0 amide bonds. The van der Waals surface area contributed by atoms with Crippen molar-refractivity contribution in [1.82, 2.24) is 14.3 Å². The highest BCUT2D eigenvalue weighted by molar-refractivity contribution is 5.88. The van der Waals surface area contributed by atoms with Crippen LogP contribution in [0.2, 0.25) is 0 Å². The molecule has 0 bridgehead atoms. The fraction of sp³-hybridized carbons (Fsp3) is 0.182. The predicted octanol–water partition coefficient (Wildman–Crippen LogP) is 0.840. The summed E-state index contributed by atoms with van der Waals surface area (Å²) in [5.41, 5.74) is 1.21. The second-order valence-electron chi connectivity index (χ2n) is 3.57. The van der Waals surface area contributed by atoms with E-state index < -0.39 is 5.97 Å². The molecule has 0 aliphatic heterocycles. The second kappa shape index (κ2) is 4.14. The van der Waals surface area contributed by atoms with Crippen molar-refractivity contribution in [1.29, 1.82) is 5.26 Å². The minimum absolute atomic E-state index is 0.157. The first-order valence-electron chi connectivity index (χ1n) is 4.93. The smallest absolute Gasteiger partial charge is 0.339 e. The van der Waals surface area contributed by atoms with Gasteiger partial charge in [-0.3, -0.25) is 4.68 Å². The van der Waals surface area contributed by atoms with Crippen LogP contribution in [0, 0.1) is 11.3 Å². The van der Waals surface area contributed by atoms with E-state index in [0.717, 1.165) is 0 Å². The summed E-state index contributed by atoms with van der Waals surface area (Å²) < 4.78 is 3.19. The maximum atomic E-state index is 11.0. The molecule has 17 heavy (non-hydrogen) atoms. The van der Waals surface area contributed by atoms with E-state index in [9.17, 15) is 4.79 Å². The molecule has 0 saturated heterocycles. The molecule has 2 aromatic heterocycles. The van der Waals surface area contributed by atoms with Crippen LogP contribution >= 0.6 is 0 Å². The summed E-state index contributed by atoms with van der Waals surface area (Å²) in [6.45, 7) is 0.314. The zero-order valence-corrected chi connectivity index (χ0v) is 9.16. The van der Waals surface area contributed by atoms with Crippen molar-refractivity contribution < 1.29 is 9.90 Å². The summed E-state index contributed by atoms with van der Waals surface area (Å²) in [7, 11) is 1.68. The average molecular weight is 230 g/mol. The van der Waals surface area contributed by atoms with Crippen molar-refractivity contribution in [2.45, 2.75) is 6.54 Å². The molecule has 0 saturated carbocycles. The number of nitrogens with zero attached hydrogens (tertiary/aromatic N) is 4. The van der Waals surface area contributed by atoms with Crippen LogP contribution < -0.4 is 0 Å². The quantitative estimate of drug-likeness (QED) is 0.846. The molecule has 0 radical (unpaired) electrons. The molecule has 6 heteroatoms. The monoisotopic (exact) mass is 230 g/mol. The fourth-order valence-electron chi connectivity index (χ4n) is 1.64. The van der Waals surface area contributed by atoms with E-state index in [1.807, 2.05) is 6.07 Å². The fourth-order valence-corrected chi connectivity index (χ4v) is 1.64. The maximum Gasteiger partial charge on any atom is 0.339 e. The minimum atomic E-state index is -1.02. The number of hydrogen-bond acceptors (Lipinski definition) is 3. The molecule has 0 aliphatic rings. The number of rotatable bonds is 3. The molecule has 0 unspecified atom stereocenters. The maximum absolute atomic E-state index is 11.0. The highest BCUT2D eigenvalue weighted by Crippen LogP contribution is 2.11. The molecule has 0 spiro atoms. The first-order chi connectivity index (χ1) is 8.13. The predicted molar refractivity (Wildman–Crippen MR) is 58.4 cm³/mol. The third kappa shape index (κ3) is 1.90. The van der Waals surface area contributed by atoms with Crippen LogP contribution in [0.3, 0.4) is 0 Å². The Labute approximate surface area is 97.3 Å². The van der Waals surface area contributed by atoms with Gasteiger partial charge in [0.1, 0.15) is 17.3 Å². The number of carboxylic acid groups (broad SMARTS) is 1. The van der Waals surface area contributed by atoms with E-state index in [-0.39, 0.29) is 5.56 Å². The Morgan fingerprint density at radius 2 is 2.41 bits per heavy atom. The van der Waals surface area contributed by atoms with Gasteiger partial charge in [-0.15, -0.1) is 0 Å². The zero-order chi connectivity index (χ0) is 12.4. The SMILES string of the molecule is Cn1ncc(C(=O)O)c1Cn1cccc1C#N. The van der Waals surface area contributed by atoms with Crippen LogP contribution in [0.25, 0.3) is 0 Å². The van der Waals surface area contributed by atoms with Gasteiger partial charge in [0.15, 0.2) is 0 Å². The molecule has 2 rings (SSSR count). The number of aryl methyl sites for hydroxylation is 1. The largest absolute Gasteiger partial charge is 0.478 e. The number of carbonyl (C=O) groups is 1. The van der Waals surface area contributed by atoms with Crippen LogP contribution in [0.1, 0.15) is 21.7 Å². The molecule has 1 N–H and O–H groups in total. The van der Waals surface area contributed by atoms with E-state index in [0.29, 0.717) is 17.9 Å². The second-order valence-corrected chi connectivity index (χ2v) is 3.57. The number of carboxylic acids is 1. The summed E-state index contributed by atoms with van der Waals surface area (Å²) in [5, 5.41) is 21.8. The van der Waals surface area contributed by atoms with Crippen LogP contribution in [-0.2, 0) is 13.6 Å². The summed E-state index contributed by atoms with van der Waals surface area (Å²) in [5.74, 6) is -1.02. The van der Waals surface area contributed by atoms with Gasteiger partial charge in [-0.25, -0.2) is 4.79 Å². The minimum Gasteiger partial charge on any atom is -0.478 e. The molecule has 6 nitrogen and oxygen atoms in total. The third-order valence-electron chi connectivity index (χ3n) is 2.56. The highest BCUT2D eigenvalue weighted by Gasteiger charge is 2.15. The Kier molecular flexibility index (Phi) is 2.66. The summed E-state index contributed by atoms with van der Waals surface area (Å²) >= 11 is 0.